The molecule has 1 aliphatic heterocycles. The summed E-state index contributed by atoms with van der Waals surface area (Å²) in [6, 6.07) is 38.8. The van der Waals surface area contributed by atoms with Gasteiger partial charge in [-0.15, -0.1) is 0 Å². The summed E-state index contributed by atoms with van der Waals surface area (Å²) >= 11 is 0. The van der Waals surface area contributed by atoms with E-state index >= 15 is 4.79 Å². The molecule has 2 amide bonds. The first kappa shape index (κ1) is 28.4. The molecule has 1 aromatic heterocycles. The van der Waals surface area contributed by atoms with Gasteiger partial charge in [0, 0.05) is 28.4 Å². The Morgan fingerprint density at radius 3 is 1.71 bits per heavy atom. The topological polar surface area (TPSA) is 62.6 Å². The molecule has 0 spiro atoms. The third-order valence-corrected chi connectivity index (χ3v) is 8.95. The number of benzene rings is 5. The fourth-order valence-corrected chi connectivity index (χ4v) is 7.09. The lowest BCUT2D eigenvalue weighted by Gasteiger charge is -2.42. The summed E-state index contributed by atoms with van der Waals surface area (Å²) in [6.07, 6.45) is 1.59. The van der Waals surface area contributed by atoms with Crippen LogP contribution in [0.25, 0.3) is 21.8 Å². The minimum Gasteiger partial charge on any atom is -0.340 e. The molecule has 1 aliphatic rings. The quantitative estimate of drug-likeness (QED) is 0.102. The van der Waals surface area contributed by atoms with Crippen LogP contribution in [-0.2, 0) is 12.1 Å². The first-order chi connectivity index (χ1) is 22.0. The lowest BCUT2D eigenvalue weighted by molar-refractivity contribution is 0.0530. The van der Waals surface area contributed by atoms with Crippen molar-refractivity contribution in [3.63, 3.8) is 0 Å². The molecule has 7 rings (SSSR count). The smallest absolute Gasteiger partial charge is 0.263 e. The molecule has 0 unspecified atom stereocenters. The van der Waals surface area contributed by atoms with Gasteiger partial charge >= 0.3 is 0 Å². The molecule has 6 heteroatoms. The molecule has 0 aliphatic carbocycles. The number of fused-ring (bicyclic) bond motifs is 5. The summed E-state index contributed by atoms with van der Waals surface area (Å²) < 4.78 is 2.18. The lowest BCUT2D eigenvalue weighted by atomic mass is 9.75. The molecular weight excluding hydrogens is 558 g/mol. The number of aromatic nitrogens is 1. The summed E-state index contributed by atoms with van der Waals surface area (Å²) in [4.78, 5) is 46.4. The monoisotopic (exact) mass is 591 g/mol. The second-order valence-corrected chi connectivity index (χ2v) is 11.8. The van der Waals surface area contributed by atoms with Gasteiger partial charge < -0.3 is 9.47 Å². The van der Waals surface area contributed by atoms with Crippen molar-refractivity contribution in [3.8, 4) is 0 Å². The van der Waals surface area contributed by atoms with Gasteiger partial charge in [-0.25, -0.2) is 0 Å². The third-order valence-electron chi connectivity index (χ3n) is 8.95. The van der Waals surface area contributed by atoms with Gasteiger partial charge in [-0.1, -0.05) is 109 Å². The average molecular weight is 592 g/mol. The number of imide groups is 1. The number of rotatable bonds is 9. The standard InChI is InChI=1S/C39H33N3O3/c1-40(2)23-14-24-41-32-22-13-12-21-31(32)35-33(41)25-27(26-43)34-36(35)38(45)42(37(34)44)39(28-15-6-3-7-16-28,29-17-8-4-9-18-29)30-19-10-5-11-20-30/h3-13,15-22,25-26H,14,23-24H2,1-2H3. The third kappa shape index (κ3) is 4.32. The highest BCUT2D eigenvalue weighted by atomic mass is 16.2. The Labute approximate surface area is 262 Å². The molecule has 0 saturated heterocycles. The van der Waals surface area contributed by atoms with Crippen molar-refractivity contribution in [2.75, 3.05) is 20.6 Å². The van der Waals surface area contributed by atoms with Crippen LogP contribution in [0.4, 0.5) is 0 Å². The summed E-state index contributed by atoms with van der Waals surface area (Å²) in [5, 5.41) is 1.60. The predicted molar refractivity (Wildman–Crippen MR) is 178 cm³/mol. The van der Waals surface area contributed by atoms with E-state index in [1.54, 1.807) is 6.07 Å². The largest absolute Gasteiger partial charge is 0.340 e. The molecule has 0 bridgehead atoms. The normalized spacial score (nSPS) is 13.3. The minimum absolute atomic E-state index is 0.158. The molecule has 45 heavy (non-hydrogen) atoms. The maximum atomic E-state index is 15.2. The molecule has 0 fully saturated rings. The van der Waals surface area contributed by atoms with E-state index in [4.69, 9.17) is 0 Å². The molecule has 6 aromatic rings. The minimum atomic E-state index is -1.30. The molecule has 0 atom stereocenters. The van der Waals surface area contributed by atoms with Crippen molar-refractivity contribution in [2.45, 2.75) is 18.5 Å². The van der Waals surface area contributed by atoms with Gasteiger partial charge in [0.1, 0.15) is 5.54 Å². The fraction of sp³-hybridized carbons (Fsp3) is 0.154. The maximum Gasteiger partial charge on any atom is 0.263 e. The van der Waals surface area contributed by atoms with Gasteiger partial charge in [-0.3, -0.25) is 19.3 Å². The van der Waals surface area contributed by atoms with Crippen LogP contribution in [0.2, 0.25) is 0 Å². The number of carbonyl (C=O) groups excluding carboxylic acids is 3. The van der Waals surface area contributed by atoms with Crippen molar-refractivity contribution in [2.24, 2.45) is 0 Å². The van der Waals surface area contributed by atoms with Gasteiger partial charge in [-0.05, 0) is 55.9 Å². The van der Waals surface area contributed by atoms with Crippen molar-refractivity contribution in [1.29, 1.82) is 0 Å². The summed E-state index contributed by atoms with van der Waals surface area (Å²) in [5.41, 5.74) is 3.43. The Kier molecular flexibility index (Phi) is 7.15. The van der Waals surface area contributed by atoms with Crippen LogP contribution < -0.4 is 0 Å². The van der Waals surface area contributed by atoms with E-state index in [9.17, 15) is 9.59 Å². The van der Waals surface area contributed by atoms with E-state index in [0.717, 1.165) is 46.1 Å². The number of aryl methyl sites for hydroxylation is 1. The molecule has 222 valence electrons. The van der Waals surface area contributed by atoms with E-state index in [1.165, 1.54) is 4.90 Å². The van der Waals surface area contributed by atoms with E-state index in [1.807, 2.05) is 129 Å². The number of nitrogens with zero attached hydrogens (tertiary/aromatic N) is 3. The number of para-hydroxylation sites is 1. The van der Waals surface area contributed by atoms with Crippen LogP contribution in [0.15, 0.2) is 121 Å². The van der Waals surface area contributed by atoms with Gasteiger partial charge in [0.05, 0.1) is 16.6 Å². The molecule has 5 aromatic carbocycles. The molecule has 0 saturated carbocycles. The van der Waals surface area contributed by atoms with Crippen LogP contribution >= 0.6 is 0 Å². The fourth-order valence-electron chi connectivity index (χ4n) is 7.09. The Bertz CT molecular complexity index is 1970. The Hall–Kier alpha value is -5.33. The van der Waals surface area contributed by atoms with Crippen molar-refractivity contribution in [1.82, 2.24) is 14.4 Å². The summed E-state index contributed by atoms with van der Waals surface area (Å²) in [6.45, 7) is 1.59. The molecule has 2 heterocycles. The summed E-state index contributed by atoms with van der Waals surface area (Å²) in [5.74, 6) is -0.906. The van der Waals surface area contributed by atoms with Crippen LogP contribution in [-0.4, -0.2) is 53.1 Å². The number of carbonyl (C=O) groups is 3. The van der Waals surface area contributed by atoms with Crippen molar-refractivity contribution in [3.05, 3.63) is 155 Å². The Balaban J connectivity index is 1.56. The van der Waals surface area contributed by atoms with Gasteiger partial charge in [-0.2, -0.15) is 0 Å². The molecule has 0 radical (unpaired) electrons. The van der Waals surface area contributed by atoms with E-state index in [2.05, 4.69) is 9.47 Å². The lowest BCUT2D eigenvalue weighted by Crippen LogP contribution is -2.51. The number of aldehydes is 1. The number of amides is 2. The Morgan fingerprint density at radius 2 is 1.18 bits per heavy atom. The van der Waals surface area contributed by atoms with Crippen LogP contribution in [0, 0.1) is 0 Å². The SMILES string of the molecule is CN(C)CCCn1c2ccccc2c2c3c(c(C=O)cc21)C(=O)N(C(c1ccccc1)(c1ccccc1)c1ccccc1)C3=O. The van der Waals surface area contributed by atoms with Gasteiger partial charge in [0.15, 0.2) is 6.29 Å². The zero-order valence-corrected chi connectivity index (χ0v) is 25.3. The van der Waals surface area contributed by atoms with Gasteiger partial charge in [0.25, 0.3) is 11.8 Å². The second kappa shape index (κ2) is 11.3. The van der Waals surface area contributed by atoms with Gasteiger partial charge in [0.2, 0.25) is 0 Å². The van der Waals surface area contributed by atoms with Crippen LogP contribution in [0.3, 0.4) is 0 Å². The average Bonchev–Trinajstić information content (AvgIpc) is 3.53. The highest BCUT2D eigenvalue weighted by molar-refractivity contribution is 6.32. The number of hydrogen-bond acceptors (Lipinski definition) is 4. The van der Waals surface area contributed by atoms with E-state index in [-0.39, 0.29) is 16.7 Å². The predicted octanol–water partition coefficient (Wildman–Crippen LogP) is 7.15. The zero-order chi connectivity index (χ0) is 31.1. The molecule has 6 nitrogen and oxygen atoms in total. The van der Waals surface area contributed by atoms with E-state index in [0.29, 0.717) is 18.2 Å². The highest BCUT2D eigenvalue weighted by Gasteiger charge is 2.53. The van der Waals surface area contributed by atoms with Crippen LogP contribution in [0.5, 0.6) is 0 Å². The van der Waals surface area contributed by atoms with E-state index < -0.39 is 17.4 Å². The highest BCUT2D eigenvalue weighted by Crippen LogP contribution is 2.48. The second-order valence-electron chi connectivity index (χ2n) is 11.8. The number of hydrogen-bond donors (Lipinski definition) is 0. The van der Waals surface area contributed by atoms with Crippen LogP contribution in [0.1, 0.15) is 54.2 Å². The van der Waals surface area contributed by atoms with Crippen molar-refractivity contribution >= 4 is 39.9 Å². The first-order valence-corrected chi connectivity index (χ1v) is 15.2. The first-order valence-electron chi connectivity index (χ1n) is 15.2. The summed E-state index contributed by atoms with van der Waals surface area (Å²) in [7, 11) is 4.08. The zero-order valence-electron chi connectivity index (χ0n) is 25.3. The Morgan fingerprint density at radius 1 is 0.667 bits per heavy atom. The maximum absolute atomic E-state index is 15.2. The molecule has 0 N–H and O–H groups in total. The van der Waals surface area contributed by atoms with Crippen molar-refractivity contribution < 1.29 is 14.4 Å². The molecular formula is C39H33N3O3.